The molecule has 0 saturated heterocycles. The molecule has 0 aromatic carbocycles. The number of hydrogen-bond donors (Lipinski definition) is 1. The fourth-order valence-electron chi connectivity index (χ4n) is 1.74. The predicted molar refractivity (Wildman–Crippen MR) is 75.2 cm³/mol. The maximum atomic E-state index is 6.08. The van der Waals surface area contributed by atoms with E-state index in [-0.39, 0.29) is 6.04 Å². The van der Waals surface area contributed by atoms with E-state index in [0.29, 0.717) is 5.15 Å². The van der Waals surface area contributed by atoms with E-state index in [9.17, 15) is 0 Å². The number of hydrogen-bond acceptors (Lipinski definition) is 5. The molecule has 6 heteroatoms. The lowest BCUT2D eigenvalue weighted by Gasteiger charge is -2.17. The van der Waals surface area contributed by atoms with Gasteiger partial charge in [0.2, 0.25) is 0 Å². The van der Waals surface area contributed by atoms with Gasteiger partial charge in [-0.05, 0) is 12.8 Å². The van der Waals surface area contributed by atoms with Gasteiger partial charge in [0.25, 0.3) is 0 Å². The van der Waals surface area contributed by atoms with Crippen LogP contribution in [0.1, 0.15) is 36.9 Å². The average molecular weight is 283 g/mol. The molecule has 0 radical (unpaired) electrons. The van der Waals surface area contributed by atoms with E-state index in [0.717, 1.165) is 29.2 Å². The first-order valence-electron chi connectivity index (χ1n) is 5.91. The summed E-state index contributed by atoms with van der Waals surface area (Å²) in [5, 5.41) is 6.97. The second kappa shape index (κ2) is 6.11. The highest BCUT2D eigenvalue weighted by Crippen LogP contribution is 2.27. The largest absolute Gasteiger partial charge is 0.360 e. The van der Waals surface area contributed by atoms with Gasteiger partial charge in [0.05, 0.1) is 6.04 Å². The molecule has 1 unspecified atom stereocenters. The quantitative estimate of drug-likeness (QED) is 0.850. The highest BCUT2D eigenvalue weighted by molar-refractivity contribution is 7.09. The molecule has 0 spiro atoms. The molecule has 0 amide bonds. The zero-order valence-corrected chi connectivity index (χ0v) is 11.9. The van der Waals surface area contributed by atoms with Gasteiger partial charge in [-0.25, -0.2) is 15.0 Å². The second-order valence-corrected chi connectivity index (χ2v) is 5.10. The summed E-state index contributed by atoms with van der Waals surface area (Å²) in [5.74, 6) is 0.805. The Hall–Kier alpha value is -1.20. The topological polar surface area (TPSA) is 50.7 Å². The van der Waals surface area contributed by atoms with Crippen LogP contribution in [0.3, 0.4) is 0 Å². The Morgan fingerprint density at radius 3 is 2.78 bits per heavy atom. The molecule has 4 nitrogen and oxygen atoms in total. The van der Waals surface area contributed by atoms with Crippen molar-refractivity contribution in [3.63, 3.8) is 0 Å². The molecule has 0 aliphatic heterocycles. The van der Waals surface area contributed by atoms with Crippen LogP contribution >= 0.6 is 22.9 Å². The Labute approximate surface area is 115 Å². The molecular weight excluding hydrogens is 268 g/mol. The summed E-state index contributed by atoms with van der Waals surface area (Å²) in [6.07, 6.45) is 5.05. The molecule has 0 aliphatic carbocycles. The molecule has 2 heterocycles. The lowest BCUT2D eigenvalue weighted by Crippen LogP contribution is -2.12. The molecule has 18 heavy (non-hydrogen) atoms. The molecule has 0 fully saturated rings. The van der Waals surface area contributed by atoms with E-state index >= 15 is 0 Å². The number of anilines is 1. The van der Waals surface area contributed by atoms with Crippen LogP contribution in [-0.4, -0.2) is 15.0 Å². The van der Waals surface area contributed by atoms with Gasteiger partial charge >= 0.3 is 0 Å². The third-order valence-corrected chi connectivity index (χ3v) is 3.93. The standard InChI is InChI=1S/C12H15ClN4S/c1-3-8-10(13)15-7-16-11(8)17-9(4-2)12-14-5-6-18-12/h5-7,9H,3-4H2,1-2H3,(H,15,16,17). The summed E-state index contributed by atoms with van der Waals surface area (Å²) in [6.45, 7) is 4.16. The molecule has 1 N–H and O–H groups in total. The predicted octanol–water partition coefficient (Wildman–Crippen LogP) is 3.71. The molecule has 2 aromatic heterocycles. The molecule has 2 rings (SSSR count). The highest BCUT2D eigenvalue weighted by atomic mass is 35.5. The van der Waals surface area contributed by atoms with Crippen molar-refractivity contribution in [2.45, 2.75) is 32.7 Å². The van der Waals surface area contributed by atoms with Gasteiger partial charge in [0, 0.05) is 17.1 Å². The molecule has 96 valence electrons. The summed E-state index contributed by atoms with van der Waals surface area (Å²) in [7, 11) is 0. The lowest BCUT2D eigenvalue weighted by atomic mass is 10.2. The van der Waals surface area contributed by atoms with Crippen LogP contribution in [-0.2, 0) is 6.42 Å². The number of thiazole rings is 1. The van der Waals surface area contributed by atoms with E-state index in [1.807, 2.05) is 18.5 Å². The van der Waals surface area contributed by atoms with Gasteiger partial charge in [0.1, 0.15) is 22.3 Å². The first-order chi connectivity index (χ1) is 8.76. The zero-order valence-electron chi connectivity index (χ0n) is 10.4. The van der Waals surface area contributed by atoms with E-state index in [1.165, 1.54) is 6.33 Å². The van der Waals surface area contributed by atoms with E-state index < -0.39 is 0 Å². The van der Waals surface area contributed by atoms with Crippen molar-refractivity contribution >= 4 is 28.8 Å². The van der Waals surface area contributed by atoms with Crippen molar-refractivity contribution in [1.29, 1.82) is 0 Å². The molecule has 2 aromatic rings. The molecule has 0 saturated carbocycles. The lowest BCUT2D eigenvalue weighted by molar-refractivity contribution is 0.734. The summed E-state index contributed by atoms with van der Waals surface area (Å²) in [5.41, 5.74) is 0.953. The molecule has 0 aliphatic rings. The Morgan fingerprint density at radius 1 is 1.33 bits per heavy atom. The van der Waals surface area contributed by atoms with E-state index in [1.54, 1.807) is 11.3 Å². The smallest absolute Gasteiger partial charge is 0.137 e. The zero-order chi connectivity index (χ0) is 13.0. The van der Waals surface area contributed by atoms with E-state index in [4.69, 9.17) is 11.6 Å². The number of halogens is 1. The van der Waals surface area contributed by atoms with Crippen LogP contribution in [0, 0.1) is 0 Å². The van der Waals surface area contributed by atoms with Gasteiger partial charge < -0.3 is 5.32 Å². The van der Waals surface area contributed by atoms with Crippen molar-refractivity contribution < 1.29 is 0 Å². The van der Waals surface area contributed by atoms with Gasteiger partial charge in [-0.2, -0.15) is 0 Å². The third kappa shape index (κ3) is 2.79. The number of aromatic nitrogens is 3. The minimum absolute atomic E-state index is 0.168. The summed E-state index contributed by atoms with van der Waals surface area (Å²) in [6, 6.07) is 0.168. The van der Waals surface area contributed by atoms with Gasteiger partial charge in [0.15, 0.2) is 0 Å². The van der Waals surface area contributed by atoms with Crippen molar-refractivity contribution in [2.24, 2.45) is 0 Å². The Morgan fingerprint density at radius 2 is 2.17 bits per heavy atom. The average Bonchev–Trinajstić information content (AvgIpc) is 2.89. The fourth-order valence-corrected chi connectivity index (χ4v) is 2.78. The molecular formula is C12H15ClN4S. The highest BCUT2D eigenvalue weighted by Gasteiger charge is 2.15. The number of nitrogens with one attached hydrogen (secondary N) is 1. The van der Waals surface area contributed by atoms with Crippen LogP contribution in [0.5, 0.6) is 0 Å². The van der Waals surface area contributed by atoms with Crippen LogP contribution in [0.25, 0.3) is 0 Å². The van der Waals surface area contributed by atoms with Crippen LogP contribution in [0.15, 0.2) is 17.9 Å². The van der Waals surface area contributed by atoms with Crippen molar-refractivity contribution in [3.05, 3.63) is 33.6 Å². The van der Waals surface area contributed by atoms with Crippen molar-refractivity contribution in [3.8, 4) is 0 Å². The maximum absolute atomic E-state index is 6.08. The van der Waals surface area contributed by atoms with Crippen molar-refractivity contribution in [2.75, 3.05) is 5.32 Å². The Balaban J connectivity index is 2.25. The van der Waals surface area contributed by atoms with Gasteiger partial charge in [-0.3, -0.25) is 0 Å². The molecule has 1 atom stereocenters. The number of nitrogens with zero attached hydrogens (tertiary/aromatic N) is 3. The fraction of sp³-hybridized carbons (Fsp3) is 0.417. The minimum atomic E-state index is 0.168. The Kier molecular flexibility index (Phi) is 4.49. The normalized spacial score (nSPS) is 12.4. The summed E-state index contributed by atoms with van der Waals surface area (Å²) < 4.78 is 0. The second-order valence-electron chi connectivity index (χ2n) is 3.82. The Bertz CT molecular complexity index is 501. The summed E-state index contributed by atoms with van der Waals surface area (Å²) >= 11 is 7.72. The monoisotopic (exact) mass is 282 g/mol. The molecule has 0 bridgehead atoms. The summed E-state index contributed by atoms with van der Waals surface area (Å²) in [4.78, 5) is 12.6. The van der Waals surface area contributed by atoms with Crippen LogP contribution in [0.4, 0.5) is 5.82 Å². The van der Waals surface area contributed by atoms with Crippen LogP contribution in [0.2, 0.25) is 5.15 Å². The first kappa shape index (κ1) is 13.2. The SMILES string of the molecule is CCc1c(Cl)ncnc1NC(CC)c1nccs1. The van der Waals surface area contributed by atoms with Gasteiger partial charge in [-0.15, -0.1) is 11.3 Å². The van der Waals surface area contributed by atoms with Crippen molar-refractivity contribution in [1.82, 2.24) is 15.0 Å². The maximum Gasteiger partial charge on any atom is 0.137 e. The van der Waals surface area contributed by atoms with E-state index in [2.05, 4.69) is 27.2 Å². The number of rotatable bonds is 5. The first-order valence-corrected chi connectivity index (χ1v) is 7.17. The van der Waals surface area contributed by atoms with Crippen LogP contribution < -0.4 is 5.32 Å². The third-order valence-electron chi connectivity index (χ3n) is 2.72. The van der Waals surface area contributed by atoms with Gasteiger partial charge in [-0.1, -0.05) is 25.4 Å². The minimum Gasteiger partial charge on any atom is -0.360 e.